The second-order valence-electron chi connectivity index (χ2n) is 8.89. The molecule has 0 bridgehead atoms. The highest BCUT2D eigenvalue weighted by molar-refractivity contribution is 6.32. The Morgan fingerprint density at radius 3 is 2.50 bits per heavy atom. The molecule has 0 saturated carbocycles. The van der Waals surface area contributed by atoms with Gasteiger partial charge in [-0.3, -0.25) is 29.4 Å². The number of nitrogens with two attached hydrogens (primary N) is 1. The summed E-state index contributed by atoms with van der Waals surface area (Å²) in [6.07, 6.45) is -0.187. The number of hydrogen-bond donors (Lipinski definition) is 3. The molecule has 0 radical (unpaired) electrons. The summed E-state index contributed by atoms with van der Waals surface area (Å²) in [7, 11) is 1.55. The van der Waals surface area contributed by atoms with Gasteiger partial charge in [-0.2, -0.15) is 0 Å². The molecule has 176 valence electrons. The van der Waals surface area contributed by atoms with Crippen LogP contribution in [0.2, 0.25) is 5.02 Å². The highest BCUT2D eigenvalue weighted by Gasteiger charge is 2.70. The first-order valence-electron chi connectivity index (χ1n) is 10.8. The van der Waals surface area contributed by atoms with Crippen molar-refractivity contribution in [1.29, 1.82) is 0 Å². The van der Waals surface area contributed by atoms with Gasteiger partial charge in [-0.15, -0.1) is 0 Å². The second kappa shape index (κ2) is 7.82. The fraction of sp³-hybridized carbons (Fsp3) is 0.333. The van der Waals surface area contributed by atoms with Gasteiger partial charge in [-0.25, -0.2) is 0 Å². The number of amides is 4. The molecule has 0 aliphatic carbocycles. The van der Waals surface area contributed by atoms with E-state index in [1.807, 2.05) is 0 Å². The highest BCUT2D eigenvalue weighted by atomic mass is 35.5. The molecule has 3 aliphatic rings. The lowest BCUT2D eigenvalue weighted by Gasteiger charge is -2.29. The fourth-order valence-corrected chi connectivity index (χ4v) is 5.67. The number of benzene rings is 2. The van der Waals surface area contributed by atoms with E-state index in [4.69, 9.17) is 22.1 Å². The van der Waals surface area contributed by atoms with Gasteiger partial charge >= 0.3 is 0 Å². The molecule has 3 heterocycles. The molecule has 0 aromatic heterocycles. The third-order valence-corrected chi connectivity index (χ3v) is 7.51. The smallest absolute Gasteiger partial charge is 0.250 e. The third-order valence-electron chi connectivity index (χ3n) is 7.10. The summed E-state index contributed by atoms with van der Waals surface area (Å²) in [6, 6.07) is 9.60. The minimum atomic E-state index is -1.50. The van der Waals surface area contributed by atoms with Crippen molar-refractivity contribution in [2.45, 2.75) is 31.5 Å². The molecular formula is C24H23ClN4O5. The van der Waals surface area contributed by atoms with Gasteiger partial charge in [-0.05, 0) is 36.2 Å². The number of halogens is 1. The number of carbonyl (C=O) groups is 4. The van der Waals surface area contributed by atoms with Crippen LogP contribution in [0.4, 0.5) is 5.69 Å². The maximum Gasteiger partial charge on any atom is 0.250 e. The van der Waals surface area contributed by atoms with Crippen LogP contribution in [0, 0.1) is 18.8 Å². The first-order chi connectivity index (χ1) is 16.2. The summed E-state index contributed by atoms with van der Waals surface area (Å²) < 4.78 is 5.17. The van der Waals surface area contributed by atoms with E-state index >= 15 is 0 Å². The lowest BCUT2D eigenvalue weighted by molar-refractivity contribution is -0.143. The summed E-state index contributed by atoms with van der Waals surface area (Å²) in [6.45, 7) is 1.81. The molecule has 3 aliphatic heterocycles. The van der Waals surface area contributed by atoms with Gasteiger partial charge in [0, 0.05) is 23.0 Å². The minimum Gasteiger partial charge on any atom is -0.497 e. The van der Waals surface area contributed by atoms with Crippen molar-refractivity contribution >= 4 is 40.9 Å². The van der Waals surface area contributed by atoms with Gasteiger partial charge in [0.15, 0.2) is 0 Å². The Balaban J connectivity index is 1.59. The van der Waals surface area contributed by atoms with Gasteiger partial charge in [0.05, 0.1) is 31.2 Å². The van der Waals surface area contributed by atoms with Crippen LogP contribution in [0.3, 0.4) is 0 Å². The number of imide groups is 1. The van der Waals surface area contributed by atoms with Crippen LogP contribution in [0.25, 0.3) is 0 Å². The lowest BCUT2D eigenvalue weighted by Crippen LogP contribution is -2.53. The SMILES string of the molecule is COc1ccc(CN2C(=O)[C@@H]3C(CC(N)=O)NC4(C(=O)Nc5c4ccc(Cl)c5C)[C@@H]3C2=O)cc1. The van der Waals surface area contributed by atoms with Gasteiger partial charge in [0.25, 0.3) is 0 Å². The fourth-order valence-electron chi connectivity index (χ4n) is 5.51. The number of rotatable bonds is 5. The number of nitrogens with one attached hydrogen (secondary N) is 2. The lowest BCUT2D eigenvalue weighted by atomic mass is 9.76. The monoisotopic (exact) mass is 482 g/mol. The normalized spacial score (nSPS) is 27.2. The molecule has 4 amide bonds. The average molecular weight is 483 g/mol. The molecular weight excluding hydrogens is 460 g/mol. The predicted molar refractivity (Wildman–Crippen MR) is 123 cm³/mol. The third kappa shape index (κ3) is 3.04. The Morgan fingerprint density at radius 2 is 1.85 bits per heavy atom. The number of fused-ring (bicyclic) bond motifs is 4. The van der Waals surface area contributed by atoms with Crippen molar-refractivity contribution < 1.29 is 23.9 Å². The second-order valence-corrected chi connectivity index (χ2v) is 9.30. The molecule has 5 rings (SSSR count). The molecule has 10 heteroatoms. The van der Waals surface area contributed by atoms with E-state index in [0.717, 1.165) is 5.56 Å². The highest BCUT2D eigenvalue weighted by Crippen LogP contribution is 2.54. The Kier molecular flexibility index (Phi) is 5.14. The zero-order valence-electron chi connectivity index (χ0n) is 18.6. The molecule has 2 unspecified atom stereocenters. The molecule has 2 aromatic carbocycles. The van der Waals surface area contributed by atoms with Gasteiger partial charge in [-0.1, -0.05) is 29.8 Å². The van der Waals surface area contributed by atoms with Crippen LogP contribution in [-0.4, -0.2) is 41.7 Å². The minimum absolute atomic E-state index is 0.0438. The van der Waals surface area contributed by atoms with Gasteiger partial charge < -0.3 is 15.8 Å². The topological polar surface area (TPSA) is 131 Å². The van der Waals surface area contributed by atoms with Crippen molar-refractivity contribution in [3.05, 3.63) is 58.1 Å². The van der Waals surface area contributed by atoms with E-state index in [2.05, 4.69) is 10.6 Å². The number of methoxy groups -OCH3 is 1. The van der Waals surface area contributed by atoms with E-state index in [0.29, 0.717) is 27.6 Å². The van der Waals surface area contributed by atoms with Crippen LogP contribution >= 0.6 is 11.6 Å². The number of carbonyl (C=O) groups excluding carboxylic acids is 4. The quantitative estimate of drug-likeness (QED) is 0.553. The van der Waals surface area contributed by atoms with Crippen LogP contribution < -0.4 is 21.1 Å². The van der Waals surface area contributed by atoms with E-state index in [1.54, 1.807) is 50.4 Å². The number of ether oxygens (including phenoxy) is 1. The van der Waals surface area contributed by atoms with Crippen molar-refractivity contribution in [2.75, 3.05) is 12.4 Å². The molecule has 4 N–H and O–H groups in total. The number of nitrogens with zero attached hydrogens (tertiary/aromatic N) is 1. The van der Waals surface area contributed by atoms with Crippen molar-refractivity contribution in [2.24, 2.45) is 17.6 Å². The van der Waals surface area contributed by atoms with E-state index in [1.165, 1.54) is 4.90 Å². The first-order valence-corrected chi connectivity index (χ1v) is 11.2. The standard InChI is InChI=1S/C24H23ClN4O5/c1-11-15(25)8-7-14-20(11)27-23(33)24(14)19-18(16(28-24)9-17(26)30)21(31)29(22(19)32)10-12-3-5-13(34-2)6-4-12/h3-8,16,18-19,28H,9-10H2,1-2H3,(H2,26,30)(H,27,33)/t16?,18-,19+,24?/m1/s1. The van der Waals surface area contributed by atoms with Crippen molar-refractivity contribution in [3.63, 3.8) is 0 Å². The van der Waals surface area contributed by atoms with Gasteiger partial charge in [0.1, 0.15) is 11.3 Å². The Hall–Kier alpha value is -3.43. The predicted octanol–water partition coefficient (Wildman–Crippen LogP) is 1.45. The Labute approximate surface area is 200 Å². The Morgan fingerprint density at radius 1 is 1.15 bits per heavy atom. The van der Waals surface area contributed by atoms with Crippen LogP contribution in [0.5, 0.6) is 5.75 Å². The number of anilines is 1. The number of primary amides is 1. The zero-order chi connectivity index (χ0) is 24.4. The maximum absolute atomic E-state index is 13.7. The summed E-state index contributed by atoms with van der Waals surface area (Å²) in [5.41, 5.74) is 6.40. The summed E-state index contributed by atoms with van der Waals surface area (Å²) in [5, 5.41) is 6.48. The average Bonchev–Trinajstić information content (AvgIpc) is 3.37. The van der Waals surface area contributed by atoms with Crippen LogP contribution in [0.15, 0.2) is 36.4 Å². The number of hydrogen-bond acceptors (Lipinski definition) is 6. The molecule has 2 aromatic rings. The molecule has 4 atom stereocenters. The van der Waals surface area contributed by atoms with Crippen molar-refractivity contribution in [1.82, 2.24) is 10.2 Å². The summed E-state index contributed by atoms with van der Waals surface area (Å²) in [5.74, 6) is -3.28. The molecule has 34 heavy (non-hydrogen) atoms. The van der Waals surface area contributed by atoms with E-state index in [9.17, 15) is 19.2 Å². The maximum atomic E-state index is 13.7. The van der Waals surface area contributed by atoms with E-state index < -0.39 is 47.0 Å². The summed E-state index contributed by atoms with van der Waals surface area (Å²) >= 11 is 6.26. The van der Waals surface area contributed by atoms with Crippen molar-refractivity contribution in [3.8, 4) is 5.75 Å². The first kappa shape index (κ1) is 22.4. The number of likely N-dealkylation sites (tertiary alicyclic amines) is 1. The molecule has 9 nitrogen and oxygen atoms in total. The molecule has 2 saturated heterocycles. The van der Waals surface area contributed by atoms with Crippen LogP contribution in [0.1, 0.15) is 23.1 Å². The van der Waals surface area contributed by atoms with E-state index in [-0.39, 0.29) is 13.0 Å². The zero-order valence-corrected chi connectivity index (χ0v) is 19.3. The van der Waals surface area contributed by atoms with Gasteiger partial charge in [0.2, 0.25) is 23.6 Å². The summed E-state index contributed by atoms with van der Waals surface area (Å²) in [4.78, 5) is 53.7. The Bertz CT molecular complexity index is 1250. The largest absolute Gasteiger partial charge is 0.497 e. The van der Waals surface area contributed by atoms with Crippen LogP contribution in [-0.2, 0) is 31.3 Å². The molecule has 1 spiro atoms. The molecule has 2 fully saturated rings.